The minimum Gasteiger partial charge on any atom is -0.392 e. The van der Waals surface area contributed by atoms with Crippen LogP contribution in [0.5, 0.6) is 0 Å². The molecule has 1 aromatic heterocycles. The smallest absolute Gasteiger partial charge is 0.345 e. The van der Waals surface area contributed by atoms with Crippen LogP contribution >= 0.6 is 12.2 Å². The molecule has 1 fully saturated rings. The number of aromatic nitrogens is 3. The van der Waals surface area contributed by atoms with Crippen molar-refractivity contribution in [2.24, 2.45) is 11.7 Å². The molecule has 1 saturated carbocycles. The number of nitrogens with two attached hydrogens (primary N) is 1. The first-order chi connectivity index (χ1) is 8.11. The van der Waals surface area contributed by atoms with E-state index in [0.29, 0.717) is 0 Å². The molecule has 1 aliphatic rings. The zero-order chi connectivity index (χ0) is 12.4. The molecule has 1 heterocycles. The van der Waals surface area contributed by atoms with Gasteiger partial charge in [-0.25, -0.2) is 24.4 Å². The number of H-pyrrole nitrogens is 2. The first-order valence-corrected chi connectivity index (χ1v) is 6.20. The van der Waals surface area contributed by atoms with E-state index in [9.17, 15) is 9.59 Å². The van der Waals surface area contributed by atoms with Gasteiger partial charge in [0.05, 0.1) is 11.0 Å². The molecule has 17 heavy (non-hydrogen) atoms. The van der Waals surface area contributed by atoms with Crippen LogP contribution in [0.25, 0.3) is 0 Å². The summed E-state index contributed by atoms with van der Waals surface area (Å²) in [6.07, 6.45) is 5.30. The van der Waals surface area contributed by atoms with Crippen molar-refractivity contribution in [2.75, 3.05) is 0 Å². The Morgan fingerprint density at radius 3 is 2.24 bits per heavy atom. The summed E-state index contributed by atoms with van der Waals surface area (Å²) in [7, 11) is 0. The van der Waals surface area contributed by atoms with Gasteiger partial charge in [0.1, 0.15) is 0 Å². The molecule has 1 aliphatic carbocycles. The molecular weight excluding hydrogens is 240 g/mol. The number of thiocarbonyl (C=S) groups is 1. The molecule has 0 aromatic carbocycles. The van der Waals surface area contributed by atoms with Crippen LogP contribution in [0.15, 0.2) is 9.59 Å². The van der Waals surface area contributed by atoms with Gasteiger partial charge in [0.2, 0.25) is 0 Å². The van der Waals surface area contributed by atoms with E-state index in [2.05, 4.69) is 10.2 Å². The number of hydrogen-bond acceptors (Lipinski definition) is 3. The van der Waals surface area contributed by atoms with Crippen molar-refractivity contribution in [2.45, 2.75) is 38.1 Å². The molecule has 0 radical (unpaired) electrons. The highest BCUT2D eigenvalue weighted by Gasteiger charge is 2.29. The Morgan fingerprint density at radius 2 is 1.76 bits per heavy atom. The van der Waals surface area contributed by atoms with Gasteiger partial charge in [0.15, 0.2) is 0 Å². The maximum absolute atomic E-state index is 11.6. The van der Waals surface area contributed by atoms with Crippen molar-refractivity contribution < 1.29 is 0 Å². The topological polar surface area (TPSA) is 96.7 Å². The number of nitrogens with one attached hydrogen (secondary N) is 2. The highest BCUT2D eigenvalue weighted by molar-refractivity contribution is 7.80. The largest absolute Gasteiger partial charge is 0.392 e. The molecule has 1 unspecified atom stereocenters. The fourth-order valence-corrected chi connectivity index (χ4v) is 2.89. The lowest BCUT2D eigenvalue weighted by molar-refractivity contribution is 0.292. The lowest BCUT2D eigenvalue weighted by Gasteiger charge is -2.29. The highest BCUT2D eigenvalue weighted by Crippen LogP contribution is 2.31. The second-order valence-corrected chi connectivity index (χ2v) is 4.95. The zero-order valence-electron chi connectivity index (χ0n) is 9.44. The summed E-state index contributed by atoms with van der Waals surface area (Å²) in [5.41, 5.74) is 4.75. The summed E-state index contributed by atoms with van der Waals surface area (Å²) in [6, 6.07) is -0.465. The molecule has 7 heteroatoms. The molecule has 94 valence electrons. The van der Waals surface area contributed by atoms with Gasteiger partial charge in [-0.2, -0.15) is 0 Å². The lowest BCUT2D eigenvalue weighted by atomic mass is 9.84. The summed E-state index contributed by atoms with van der Waals surface area (Å²) in [4.78, 5) is 23.4. The minimum atomic E-state index is -0.474. The average molecular weight is 256 g/mol. The van der Waals surface area contributed by atoms with Crippen LogP contribution in [-0.2, 0) is 0 Å². The highest BCUT2D eigenvalue weighted by atomic mass is 32.1. The Labute approximate surface area is 103 Å². The summed E-state index contributed by atoms with van der Waals surface area (Å²) < 4.78 is 1.11. The van der Waals surface area contributed by atoms with E-state index >= 15 is 0 Å². The van der Waals surface area contributed by atoms with Gasteiger partial charge in [-0.15, -0.1) is 0 Å². The van der Waals surface area contributed by atoms with E-state index in [0.717, 1.165) is 30.3 Å². The SMILES string of the molecule is NC(=S)C(C1CCCCC1)n1c(=O)[nH][nH]c1=O. The number of rotatable bonds is 3. The van der Waals surface area contributed by atoms with Gasteiger partial charge in [-0.1, -0.05) is 31.5 Å². The summed E-state index contributed by atoms with van der Waals surface area (Å²) in [6.45, 7) is 0. The van der Waals surface area contributed by atoms with E-state index in [-0.39, 0.29) is 10.9 Å². The van der Waals surface area contributed by atoms with Gasteiger partial charge in [0, 0.05) is 0 Å². The van der Waals surface area contributed by atoms with E-state index in [1.54, 1.807) is 0 Å². The maximum atomic E-state index is 11.6. The van der Waals surface area contributed by atoms with Gasteiger partial charge >= 0.3 is 11.4 Å². The van der Waals surface area contributed by atoms with Crippen molar-refractivity contribution in [1.29, 1.82) is 0 Å². The predicted molar refractivity (Wildman–Crippen MR) is 68.1 cm³/mol. The second kappa shape index (κ2) is 4.87. The van der Waals surface area contributed by atoms with Gasteiger partial charge in [-0.3, -0.25) is 0 Å². The summed E-state index contributed by atoms with van der Waals surface area (Å²) in [5.74, 6) is 0.191. The molecular formula is C10H16N4O2S. The normalized spacial score (nSPS) is 19.1. The number of hydrogen-bond donors (Lipinski definition) is 3. The molecule has 0 spiro atoms. The van der Waals surface area contributed by atoms with Gasteiger partial charge in [-0.05, 0) is 18.8 Å². The van der Waals surface area contributed by atoms with E-state index in [1.807, 2.05) is 0 Å². The first-order valence-electron chi connectivity index (χ1n) is 5.79. The van der Waals surface area contributed by atoms with Crippen LogP contribution in [0.3, 0.4) is 0 Å². The monoisotopic (exact) mass is 256 g/mol. The number of aromatic amines is 2. The quantitative estimate of drug-likeness (QED) is 0.676. The maximum Gasteiger partial charge on any atom is 0.345 e. The van der Waals surface area contributed by atoms with Gasteiger partial charge in [0.25, 0.3) is 0 Å². The van der Waals surface area contributed by atoms with Crippen molar-refractivity contribution in [3.63, 3.8) is 0 Å². The summed E-state index contributed by atoms with van der Waals surface area (Å²) in [5, 5.41) is 4.53. The third-order valence-electron chi connectivity index (χ3n) is 3.38. The lowest BCUT2D eigenvalue weighted by Crippen LogP contribution is -2.42. The molecule has 0 amide bonds. The van der Waals surface area contributed by atoms with E-state index in [4.69, 9.17) is 18.0 Å². The third kappa shape index (κ3) is 2.33. The minimum absolute atomic E-state index is 0.191. The van der Waals surface area contributed by atoms with Crippen molar-refractivity contribution >= 4 is 17.2 Å². The van der Waals surface area contributed by atoms with E-state index < -0.39 is 17.4 Å². The fraction of sp³-hybridized carbons (Fsp3) is 0.700. The molecule has 0 aliphatic heterocycles. The number of nitrogens with zero attached hydrogens (tertiary/aromatic N) is 1. The molecule has 4 N–H and O–H groups in total. The Kier molecular flexibility index (Phi) is 3.46. The average Bonchev–Trinajstić information content (AvgIpc) is 2.62. The third-order valence-corrected chi connectivity index (χ3v) is 3.62. The van der Waals surface area contributed by atoms with Crippen molar-refractivity contribution in [1.82, 2.24) is 14.8 Å². The van der Waals surface area contributed by atoms with Crippen LogP contribution in [0.2, 0.25) is 0 Å². The molecule has 6 nitrogen and oxygen atoms in total. The van der Waals surface area contributed by atoms with Crippen LogP contribution < -0.4 is 17.1 Å². The Bertz CT molecular complexity index is 481. The summed E-state index contributed by atoms with van der Waals surface area (Å²) >= 11 is 5.02. The molecule has 0 bridgehead atoms. The molecule has 1 aromatic rings. The van der Waals surface area contributed by atoms with Crippen LogP contribution in [0.1, 0.15) is 38.1 Å². The Morgan fingerprint density at radius 1 is 1.24 bits per heavy atom. The molecule has 0 saturated heterocycles. The van der Waals surface area contributed by atoms with Crippen LogP contribution in [-0.4, -0.2) is 19.8 Å². The fourth-order valence-electron chi connectivity index (χ4n) is 2.59. The molecule has 1 atom stereocenters. The van der Waals surface area contributed by atoms with Gasteiger partial charge < -0.3 is 5.73 Å². The molecule has 2 rings (SSSR count). The van der Waals surface area contributed by atoms with E-state index in [1.165, 1.54) is 6.42 Å². The van der Waals surface area contributed by atoms with Crippen LogP contribution in [0.4, 0.5) is 0 Å². The standard InChI is InChI=1S/C10H16N4O2S/c11-8(17)7(6-4-2-1-3-5-6)14-9(15)12-13-10(14)16/h6-7H,1-5H2,(H2,11,17)(H,12,15)(H,13,16). The first kappa shape index (κ1) is 12.1. The Hall–Kier alpha value is -1.37. The Balaban J connectivity index is 2.38. The van der Waals surface area contributed by atoms with Crippen LogP contribution in [0, 0.1) is 5.92 Å². The van der Waals surface area contributed by atoms with Crippen molar-refractivity contribution in [3.8, 4) is 0 Å². The predicted octanol–water partition coefficient (Wildman–Crippen LogP) is 0.272. The zero-order valence-corrected chi connectivity index (χ0v) is 10.3. The van der Waals surface area contributed by atoms with Crippen molar-refractivity contribution in [3.05, 3.63) is 21.0 Å². The second-order valence-electron chi connectivity index (χ2n) is 4.48.